The Kier molecular flexibility index (Phi) is 4.01. The average molecular weight is 378 g/mol. The molecule has 0 atom stereocenters. The Hall–Kier alpha value is -3.68. The van der Waals surface area contributed by atoms with E-state index < -0.39 is 0 Å². The zero-order chi connectivity index (χ0) is 18.9. The van der Waals surface area contributed by atoms with Crippen LogP contribution in [0.25, 0.3) is 11.3 Å². The number of ether oxygens (including phenoxy) is 4. The van der Waals surface area contributed by atoms with Crippen molar-refractivity contribution in [1.29, 1.82) is 0 Å². The number of anilines is 2. The Morgan fingerprint density at radius 3 is 2.50 bits per heavy atom. The van der Waals surface area contributed by atoms with Crippen molar-refractivity contribution in [2.75, 3.05) is 31.1 Å². The zero-order valence-corrected chi connectivity index (χ0v) is 15.0. The number of benzene rings is 2. The standard InChI is InChI=1S/C20H18N4O4/c21-20-23-14(13-2-4-15-18(8-13)26-6-5-25-15)9-19(24-20)22-10-12-1-3-16-17(7-12)28-11-27-16/h1-4,7-9H,5-6,10-11H2,(H3,21,22,23,24). The smallest absolute Gasteiger partial charge is 0.231 e. The number of aromatic nitrogens is 2. The van der Waals surface area contributed by atoms with Crippen LogP contribution in [0.3, 0.4) is 0 Å². The van der Waals surface area contributed by atoms with Crippen molar-refractivity contribution in [1.82, 2.24) is 9.97 Å². The molecule has 0 spiro atoms. The van der Waals surface area contributed by atoms with Gasteiger partial charge in [-0.15, -0.1) is 0 Å². The summed E-state index contributed by atoms with van der Waals surface area (Å²) in [5.41, 5.74) is 8.55. The van der Waals surface area contributed by atoms with E-state index in [1.54, 1.807) is 0 Å². The zero-order valence-electron chi connectivity index (χ0n) is 15.0. The van der Waals surface area contributed by atoms with Gasteiger partial charge in [0.15, 0.2) is 23.0 Å². The van der Waals surface area contributed by atoms with E-state index in [2.05, 4.69) is 15.3 Å². The minimum atomic E-state index is 0.195. The van der Waals surface area contributed by atoms with E-state index >= 15 is 0 Å². The Balaban J connectivity index is 1.37. The van der Waals surface area contributed by atoms with Crippen molar-refractivity contribution in [3.63, 3.8) is 0 Å². The summed E-state index contributed by atoms with van der Waals surface area (Å²) in [6.45, 7) is 1.91. The molecule has 8 nitrogen and oxygen atoms in total. The first kappa shape index (κ1) is 16.5. The molecule has 2 aromatic carbocycles. The molecule has 3 heterocycles. The number of nitrogen functional groups attached to an aromatic ring is 1. The van der Waals surface area contributed by atoms with Crippen LogP contribution in [0.4, 0.5) is 11.8 Å². The number of nitrogens with one attached hydrogen (secondary N) is 1. The maximum absolute atomic E-state index is 5.92. The molecule has 0 radical (unpaired) electrons. The lowest BCUT2D eigenvalue weighted by molar-refractivity contribution is 0.171. The fraction of sp³-hybridized carbons (Fsp3) is 0.200. The molecule has 3 aromatic rings. The highest BCUT2D eigenvalue weighted by molar-refractivity contribution is 5.67. The summed E-state index contributed by atoms with van der Waals surface area (Å²) in [5.74, 6) is 3.78. The predicted molar refractivity (Wildman–Crippen MR) is 103 cm³/mol. The SMILES string of the molecule is Nc1nc(NCc2ccc3c(c2)OCO3)cc(-c2ccc3c(c2)OCCO3)n1. The van der Waals surface area contributed by atoms with Crippen LogP contribution in [0.1, 0.15) is 5.56 Å². The maximum Gasteiger partial charge on any atom is 0.231 e. The van der Waals surface area contributed by atoms with Crippen molar-refractivity contribution < 1.29 is 18.9 Å². The van der Waals surface area contributed by atoms with Crippen LogP contribution in [0.15, 0.2) is 42.5 Å². The first-order valence-electron chi connectivity index (χ1n) is 8.91. The molecule has 0 bridgehead atoms. The lowest BCUT2D eigenvalue weighted by Crippen LogP contribution is -2.15. The summed E-state index contributed by atoms with van der Waals surface area (Å²) in [5, 5.41) is 3.28. The van der Waals surface area contributed by atoms with Crippen LogP contribution in [-0.4, -0.2) is 30.0 Å². The highest BCUT2D eigenvalue weighted by Gasteiger charge is 2.15. The molecular weight excluding hydrogens is 360 g/mol. The Bertz CT molecular complexity index is 1040. The summed E-state index contributed by atoms with van der Waals surface area (Å²) in [6, 6.07) is 13.4. The first-order valence-corrected chi connectivity index (χ1v) is 8.91. The molecule has 2 aliphatic rings. The van der Waals surface area contributed by atoms with E-state index in [1.165, 1.54) is 0 Å². The van der Waals surface area contributed by atoms with E-state index in [4.69, 9.17) is 24.7 Å². The van der Waals surface area contributed by atoms with E-state index in [-0.39, 0.29) is 12.7 Å². The third-order valence-electron chi connectivity index (χ3n) is 4.49. The predicted octanol–water partition coefficient (Wildman–Crippen LogP) is 2.84. The number of hydrogen-bond acceptors (Lipinski definition) is 8. The molecule has 0 unspecified atom stereocenters. The van der Waals surface area contributed by atoms with E-state index in [1.807, 2.05) is 42.5 Å². The van der Waals surface area contributed by atoms with Crippen LogP contribution < -0.4 is 30.0 Å². The Morgan fingerprint density at radius 1 is 0.821 bits per heavy atom. The second-order valence-electron chi connectivity index (χ2n) is 6.40. The molecule has 0 saturated heterocycles. The monoisotopic (exact) mass is 378 g/mol. The summed E-state index contributed by atoms with van der Waals surface area (Å²) in [4.78, 5) is 8.63. The topological polar surface area (TPSA) is 101 Å². The van der Waals surface area contributed by atoms with Crippen LogP contribution in [0.2, 0.25) is 0 Å². The minimum absolute atomic E-state index is 0.195. The molecular formula is C20H18N4O4. The summed E-state index contributed by atoms with van der Waals surface area (Å²) < 4.78 is 22.0. The van der Waals surface area contributed by atoms with Gasteiger partial charge in [-0.05, 0) is 35.9 Å². The minimum Gasteiger partial charge on any atom is -0.486 e. The van der Waals surface area contributed by atoms with E-state index in [0.29, 0.717) is 37.0 Å². The molecule has 3 N–H and O–H groups in total. The third kappa shape index (κ3) is 3.20. The lowest BCUT2D eigenvalue weighted by Gasteiger charge is -2.19. The molecule has 0 aliphatic carbocycles. The molecule has 8 heteroatoms. The molecule has 1 aromatic heterocycles. The van der Waals surface area contributed by atoms with E-state index in [9.17, 15) is 0 Å². The van der Waals surface area contributed by atoms with Gasteiger partial charge in [0.1, 0.15) is 19.0 Å². The van der Waals surface area contributed by atoms with Crippen molar-refractivity contribution in [2.45, 2.75) is 6.54 Å². The summed E-state index contributed by atoms with van der Waals surface area (Å²) >= 11 is 0. The quantitative estimate of drug-likeness (QED) is 0.715. The van der Waals surface area contributed by atoms with E-state index in [0.717, 1.165) is 28.4 Å². The van der Waals surface area contributed by atoms with Crippen molar-refractivity contribution in [3.05, 3.63) is 48.0 Å². The molecule has 0 fully saturated rings. The summed E-state index contributed by atoms with van der Waals surface area (Å²) in [7, 11) is 0. The number of nitrogens with two attached hydrogens (primary N) is 1. The van der Waals surface area contributed by atoms with Gasteiger partial charge in [0, 0.05) is 18.2 Å². The number of rotatable bonds is 4. The van der Waals surface area contributed by atoms with Crippen LogP contribution >= 0.6 is 0 Å². The van der Waals surface area contributed by atoms with Crippen molar-refractivity contribution >= 4 is 11.8 Å². The van der Waals surface area contributed by atoms with Crippen LogP contribution in [0, 0.1) is 0 Å². The largest absolute Gasteiger partial charge is 0.486 e. The van der Waals surface area contributed by atoms with Gasteiger partial charge in [-0.3, -0.25) is 0 Å². The van der Waals surface area contributed by atoms with Crippen molar-refractivity contribution in [2.24, 2.45) is 0 Å². The van der Waals surface area contributed by atoms with Gasteiger partial charge in [-0.1, -0.05) is 6.07 Å². The third-order valence-corrected chi connectivity index (χ3v) is 4.49. The maximum atomic E-state index is 5.92. The van der Waals surface area contributed by atoms with Gasteiger partial charge >= 0.3 is 0 Å². The molecule has 0 saturated carbocycles. The average Bonchev–Trinajstić information content (AvgIpc) is 3.19. The molecule has 2 aliphatic heterocycles. The molecule has 28 heavy (non-hydrogen) atoms. The highest BCUT2D eigenvalue weighted by Crippen LogP contribution is 2.35. The highest BCUT2D eigenvalue weighted by atomic mass is 16.7. The second kappa shape index (κ2) is 6.80. The Labute approximate surface area is 161 Å². The van der Waals surface area contributed by atoms with Crippen LogP contribution in [0.5, 0.6) is 23.0 Å². The molecule has 5 rings (SSSR count). The van der Waals surface area contributed by atoms with Crippen LogP contribution in [-0.2, 0) is 6.54 Å². The number of nitrogens with zero attached hydrogens (tertiary/aromatic N) is 2. The van der Waals surface area contributed by atoms with Gasteiger partial charge < -0.3 is 30.0 Å². The fourth-order valence-corrected chi connectivity index (χ4v) is 3.15. The van der Waals surface area contributed by atoms with Gasteiger partial charge in [0.05, 0.1) is 5.69 Å². The Morgan fingerprint density at radius 2 is 1.57 bits per heavy atom. The molecule has 0 amide bonds. The lowest BCUT2D eigenvalue weighted by atomic mass is 10.1. The number of fused-ring (bicyclic) bond motifs is 2. The normalized spacial score (nSPS) is 14.0. The molecule has 142 valence electrons. The number of hydrogen-bond donors (Lipinski definition) is 2. The van der Waals surface area contributed by atoms with Gasteiger partial charge in [-0.25, -0.2) is 4.98 Å². The second-order valence-corrected chi connectivity index (χ2v) is 6.40. The summed E-state index contributed by atoms with van der Waals surface area (Å²) in [6.07, 6.45) is 0. The first-order chi connectivity index (χ1) is 13.7. The van der Waals surface area contributed by atoms with Gasteiger partial charge in [0.2, 0.25) is 12.7 Å². The fourth-order valence-electron chi connectivity index (χ4n) is 3.15. The van der Waals surface area contributed by atoms with Gasteiger partial charge in [0.25, 0.3) is 0 Å². The van der Waals surface area contributed by atoms with Gasteiger partial charge in [-0.2, -0.15) is 4.98 Å². The van der Waals surface area contributed by atoms with Crippen molar-refractivity contribution in [3.8, 4) is 34.3 Å².